The van der Waals surface area contributed by atoms with Gasteiger partial charge in [0.15, 0.2) is 0 Å². The zero-order valence-corrected chi connectivity index (χ0v) is 21.8. The fourth-order valence-corrected chi connectivity index (χ4v) is 6.78. The number of amides is 2. The van der Waals surface area contributed by atoms with Crippen molar-refractivity contribution in [3.63, 3.8) is 0 Å². The zero-order valence-electron chi connectivity index (χ0n) is 21.0. The van der Waals surface area contributed by atoms with Gasteiger partial charge in [-0.1, -0.05) is 56.3 Å². The van der Waals surface area contributed by atoms with E-state index in [9.17, 15) is 18.0 Å². The van der Waals surface area contributed by atoms with Crippen molar-refractivity contribution in [2.45, 2.75) is 50.7 Å². The van der Waals surface area contributed by atoms with Crippen LogP contribution in [0.15, 0.2) is 65.6 Å². The first-order valence-electron chi connectivity index (χ1n) is 12.7. The normalized spacial score (nSPS) is 20.2. The molecule has 8 nitrogen and oxygen atoms in total. The standard InChI is InChI=1S/C28H31N3O5S/c1-3-8-27(32)30-16-15-24(19(2)17-30)29-37(34,35)26-14-13-25(22-11-6-7-12-23(22)26)31-28(33)21-10-5-4-9-20(21)18-36-31/h4-7,9-14,19,24,29H,3,8,15-18H2,1-2H3/t19-,24+/m1/s1. The molecule has 0 aliphatic carbocycles. The first kappa shape index (κ1) is 25.4. The Morgan fingerprint density at radius 2 is 1.78 bits per heavy atom. The lowest BCUT2D eigenvalue weighted by molar-refractivity contribution is -0.133. The predicted molar refractivity (Wildman–Crippen MR) is 141 cm³/mol. The number of carbonyl (C=O) groups is 2. The van der Waals surface area contributed by atoms with Gasteiger partial charge >= 0.3 is 0 Å². The third kappa shape index (κ3) is 4.86. The Bertz CT molecular complexity index is 1460. The first-order valence-corrected chi connectivity index (χ1v) is 14.2. The number of nitrogens with one attached hydrogen (secondary N) is 1. The SMILES string of the molecule is CCCC(=O)N1CC[C@H](NS(=O)(=O)c2ccc(N3OCc4ccccc4C3=O)c3ccccc23)[C@H](C)C1. The highest BCUT2D eigenvalue weighted by molar-refractivity contribution is 7.89. The summed E-state index contributed by atoms with van der Waals surface area (Å²) in [5.41, 5.74) is 1.87. The van der Waals surface area contributed by atoms with Gasteiger partial charge in [0.05, 0.1) is 10.6 Å². The number of benzene rings is 3. The molecule has 2 atom stereocenters. The molecule has 3 aromatic rings. The summed E-state index contributed by atoms with van der Waals surface area (Å²) in [7, 11) is -3.87. The smallest absolute Gasteiger partial charge is 0.282 e. The van der Waals surface area contributed by atoms with Crippen LogP contribution in [0.1, 0.15) is 49.0 Å². The van der Waals surface area contributed by atoms with Crippen LogP contribution in [-0.2, 0) is 26.3 Å². The molecule has 3 aromatic carbocycles. The fraction of sp³-hybridized carbons (Fsp3) is 0.357. The molecule has 0 spiro atoms. The maximum atomic E-state index is 13.6. The lowest BCUT2D eigenvalue weighted by atomic mass is 9.94. The van der Waals surface area contributed by atoms with Gasteiger partial charge in [0, 0.05) is 41.9 Å². The van der Waals surface area contributed by atoms with E-state index in [-0.39, 0.29) is 35.3 Å². The van der Waals surface area contributed by atoms with Gasteiger partial charge in [-0.05, 0) is 42.5 Å². The Balaban J connectivity index is 1.42. The Labute approximate surface area is 217 Å². The van der Waals surface area contributed by atoms with Crippen LogP contribution in [-0.4, -0.2) is 44.3 Å². The number of hydroxylamine groups is 1. The van der Waals surface area contributed by atoms with E-state index >= 15 is 0 Å². The molecule has 2 aliphatic rings. The topological polar surface area (TPSA) is 96.0 Å². The molecular weight excluding hydrogens is 490 g/mol. The fourth-order valence-electron chi connectivity index (χ4n) is 5.18. The van der Waals surface area contributed by atoms with Gasteiger partial charge < -0.3 is 4.90 Å². The summed E-state index contributed by atoms with van der Waals surface area (Å²) in [4.78, 5) is 33.3. The number of likely N-dealkylation sites (tertiary alicyclic amines) is 1. The van der Waals surface area contributed by atoms with Crippen molar-refractivity contribution in [1.29, 1.82) is 0 Å². The number of fused-ring (bicyclic) bond motifs is 2. The van der Waals surface area contributed by atoms with E-state index in [1.165, 1.54) is 11.1 Å². The van der Waals surface area contributed by atoms with Crippen LogP contribution in [0.25, 0.3) is 10.8 Å². The maximum absolute atomic E-state index is 13.6. The summed E-state index contributed by atoms with van der Waals surface area (Å²) in [5, 5.41) is 2.36. The highest BCUT2D eigenvalue weighted by Crippen LogP contribution is 2.35. The second kappa shape index (κ2) is 10.2. The lowest BCUT2D eigenvalue weighted by Gasteiger charge is -2.37. The average molecular weight is 522 g/mol. The Hall–Kier alpha value is -3.27. The van der Waals surface area contributed by atoms with E-state index in [4.69, 9.17) is 4.84 Å². The van der Waals surface area contributed by atoms with Crippen LogP contribution in [0.2, 0.25) is 0 Å². The second-order valence-corrected chi connectivity index (χ2v) is 11.4. The molecule has 0 saturated carbocycles. The summed E-state index contributed by atoms with van der Waals surface area (Å²) in [5.74, 6) is -0.192. The molecule has 194 valence electrons. The van der Waals surface area contributed by atoms with E-state index in [1.54, 1.807) is 30.3 Å². The van der Waals surface area contributed by atoms with E-state index in [2.05, 4.69) is 4.72 Å². The monoisotopic (exact) mass is 521 g/mol. The van der Waals surface area contributed by atoms with Crippen molar-refractivity contribution < 1.29 is 22.8 Å². The quantitative estimate of drug-likeness (QED) is 0.523. The highest BCUT2D eigenvalue weighted by atomic mass is 32.2. The number of sulfonamides is 1. The average Bonchev–Trinajstić information content (AvgIpc) is 2.90. The molecule has 2 amide bonds. The maximum Gasteiger partial charge on any atom is 0.282 e. The molecule has 0 aromatic heterocycles. The molecule has 1 saturated heterocycles. The molecular formula is C28H31N3O5S. The molecule has 37 heavy (non-hydrogen) atoms. The van der Waals surface area contributed by atoms with Crippen LogP contribution in [0.3, 0.4) is 0 Å². The van der Waals surface area contributed by atoms with E-state index < -0.39 is 10.0 Å². The van der Waals surface area contributed by atoms with Crippen LogP contribution in [0.5, 0.6) is 0 Å². The molecule has 0 bridgehead atoms. The minimum Gasteiger partial charge on any atom is -0.342 e. The number of carbonyl (C=O) groups excluding carboxylic acids is 2. The van der Waals surface area contributed by atoms with Gasteiger partial charge in [0.2, 0.25) is 15.9 Å². The van der Waals surface area contributed by atoms with Gasteiger partial charge in [-0.15, -0.1) is 0 Å². The predicted octanol–water partition coefficient (Wildman–Crippen LogP) is 4.25. The van der Waals surface area contributed by atoms with Gasteiger partial charge in [-0.3, -0.25) is 14.4 Å². The number of hydrogen-bond donors (Lipinski definition) is 1. The third-order valence-corrected chi connectivity index (χ3v) is 8.73. The van der Waals surface area contributed by atoms with Crippen LogP contribution >= 0.6 is 0 Å². The third-order valence-electron chi connectivity index (χ3n) is 7.18. The van der Waals surface area contributed by atoms with Crippen molar-refractivity contribution in [1.82, 2.24) is 9.62 Å². The second-order valence-electron chi connectivity index (χ2n) is 9.74. The van der Waals surface area contributed by atoms with Crippen molar-refractivity contribution >= 4 is 38.3 Å². The number of nitrogens with zero attached hydrogens (tertiary/aromatic N) is 2. The molecule has 1 fully saturated rings. The summed E-state index contributed by atoms with van der Waals surface area (Å²) in [6.07, 6.45) is 1.86. The summed E-state index contributed by atoms with van der Waals surface area (Å²) in [6.45, 7) is 5.25. The van der Waals surface area contributed by atoms with Crippen molar-refractivity contribution in [3.8, 4) is 0 Å². The van der Waals surface area contributed by atoms with E-state index in [1.807, 2.05) is 43.0 Å². The van der Waals surface area contributed by atoms with Crippen LogP contribution < -0.4 is 9.79 Å². The van der Waals surface area contributed by atoms with Crippen LogP contribution in [0.4, 0.5) is 5.69 Å². The van der Waals surface area contributed by atoms with Crippen molar-refractivity contribution in [2.75, 3.05) is 18.2 Å². The summed E-state index contributed by atoms with van der Waals surface area (Å²) in [6, 6.07) is 17.3. The molecule has 2 heterocycles. The number of rotatable bonds is 6. The highest BCUT2D eigenvalue weighted by Gasteiger charge is 2.33. The first-order chi connectivity index (χ1) is 17.8. The van der Waals surface area contributed by atoms with Gasteiger partial charge in [-0.25, -0.2) is 13.1 Å². The minimum atomic E-state index is -3.87. The number of anilines is 1. The minimum absolute atomic E-state index is 0.0192. The molecule has 9 heteroatoms. The largest absolute Gasteiger partial charge is 0.342 e. The summed E-state index contributed by atoms with van der Waals surface area (Å²) >= 11 is 0. The molecule has 0 unspecified atom stereocenters. The van der Waals surface area contributed by atoms with Crippen LogP contribution in [0, 0.1) is 5.92 Å². The van der Waals surface area contributed by atoms with E-state index in [0.29, 0.717) is 48.0 Å². The lowest BCUT2D eigenvalue weighted by Crippen LogP contribution is -2.51. The van der Waals surface area contributed by atoms with E-state index in [0.717, 1.165) is 12.0 Å². The Kier molecular flexibility index (Phi) is 7.02. The zero-order chi connectivity index (χ0) is 26.2. The molecule has 2 aliphatic heterocycles. The number of hydrogen-bond acceptors (Lipinski definition) is 5. The molecule has 5 rings (SSSR count). The Morgan fingerprint density at radius 1 is 1.05 bits per heavy atom. The Morgan fingerprint density at radius 3 is 2.54 bits per heavy atom. The summed E-state index contributed by atoms with van der Waals surface area (Å²) < 4.78 is 30.1. The van der Waals surface area contributed by atoms with Crippen molar-refractivity contribution in [3.05, 3.63) is 71.8 Å². The molecule has 0 radical (unpaired) electrons. The van der Waals surface area contributed by atoms with Gasteiger partial charge in [-0.2, -0.15) is 5.06 Å². The van der Waals surface area contributed by atoms with Gasteiger partial charge in [0.25, 0.3) is 5.91 Å². The molecule has 1 N–H and O–H groups in total. The van der Waals surface area contributed by atoms with Crippen molar-refractivity contribution in [2.24, 2.45) is 5.92 Å². The number of piperidine rings is 1. The van der Waals surface area contributed by atoms with Gasteiger partial charge in [0.1, 0.15) is 6.61 Å².